The van der Waals surface area contributed by atoms with Crippen molar-refractivity contribution in [2.24, 2.45) is 0 Å². The Labute approximate surface area is 56.4 Å². The van der Waals surface area contributed by atoms with Gasteiger partial charge in [-0.05, 0) is 4.13 Å². The van der Waals surface area contributed by atoms with Gasteiger partial charge in [0.25, 0.3) is 0 Å². The standard InChI is InChI=1S/C2N2O3S2/c3-1-4-6-2(5)7-9-8-4. The third kappa shape index (κ3) is 1.45. The fourth-order valence-corrected chi connectivity index (χ4v) is 1.12. The molecule has 0 aliphatic heterocycles. The molecule has 7 heteroatoms. The van der Waals surface area contributed by atoms with Gasteiger partial charge >= 0.3 is 5.82 Å². The van der Waals surface area contributed by atoms with Crippen molar-refractivity contribution in [1.29, 1.82) is 5.26 Å². The molecule has 9 heavy (non-hydrogen) atoms. The number of nitriles is 1. The summed E-state index contributed by atoms with van der Waals surface area (Å²) in [6.07, 6.45) is 1.59. The molecule has 0 radical (unpaired) electrons. The van der Waals surface area contributed by atoms with E-state index in [2.05, 4.69) is 8.37 Å². The summed E-state index contributed by atoms with van der Waals surface area (Å²) in [5.41, 5.74) is 0. The molecule has 0 spiro atoms. The number of hydrogen-bond donors (Lipinski definition) is 0. The van der Waals surface area contributed by atoms with Gasteiger partial charge in [-0.1, -0.05) is 0 Å². The van der Waals surface area contributed by atoms with Gasteiger partial charge in [-0.3, -0.25) is 4.52 Å². The van der Waals surface area contributed by atoms with Crippen molar-refractivity contribution in [3.8, 4) is 6.19 Å². The van der Waals surface area contributed by atoms with Crippen LogP contribution in [0.1, 0.15) is 0 Å². The topological polar surface area (TPSA) is 72.1 Å². The molecule has 1 aromatic rings. The smallest absolute Gasteiger partial charge is 0.319 e. The van der Waals surface area contributed by atoms with E-state index >= 15 is 0 Å². The maximum atomic E-state index is 10.2. The Morgan fingerprint density at radius 3 is 3.00 bits per heavy atom. The van der Waals surface area contributed by atoms with Crippen LogP contribution in [0.25, 0.3) is 0 Å². The fourth-order valence-electron chi connectivity index (χ4n) is 0.206. The van der Waals surface area contributed by atoms with Gasteiger partial charge in [0.2, 0.25) is 6.19 Å². The average molecular weight is 164 g/mol. The minimum atomic E-state index is -0.875. The third-order valence-corrected chi connectivity index (χ3v) is 1.79. The molecule has 0 fully saturated rings. The SMILES string of the molecule is N#Cn1oc(=O)oss1. The maximum absolute atomic E-state index is 10.2. The molecule has 0 saturated heterocycles. The zero-order valence-corrected chi connectivity index (χ0v) is 5.57. The minimum Gasteiger partial charge on any atom is -0.319 e. The monoisotopic (exact) mass is 164 g/mol. The molecule has 0 atom stereocenters. The molecule has 1 heterocycles. The highest BCUT2D eigenvalue weighted by atomic mass is 32.9. The van der Waals surface area contributed by atoms with Gasteiger partial charge in [-0.15, -0.1) is 0 Å². The zero-order valence-electron chi connectivity index (χ0n) is 3.94. The van der Waals surface area contributed by atoms with E-state index in [0.29, 0.717) is 0 Å². The van der Waals surface area contributed by atoms with Gasteiger partial charge in [0.1, 0.15) is 10.6 Å². The molecule has 0 N–H and O–H groups in total. The highest BCUT2D eigenvalue weighted by Gasteiger charge is 1.89. The van der Waals surface area contributed by atoms with Crippen LogP contribution in [-0.2, 0) is 0 Å². The van der Waals surface area contributed by atoms with E-state index in [0.717, 1.165) is 25.3 Å². The molecular weight excluding hydrogens is 164 g/mol. The van der Waals surface area contributed by atoms with Crippen LogP contribution >= 0.6 is 21.2 Å². The predicted molar refractivity (Wildman–Crippen MR) is 29.6 cm³/mol. The lowest BCUT2D eigenvalue weighted by Gasteiger charge is -1.81. The summed E-state index contributed by atoms with van der Waals surface area (Å²) < 4.78 is 9.17. The second-order valence-corrected chi connectivity index (χ2v) is 2.56. The van der Waals surface area contributed by atoms with Gasteiger partial charge in [-0.25, -0.2) is 0 Å². The fraction of sp³-hybridized carbons (Fsp3) is 0. The Morgan fingerprint density at radius 2 is 2.56 bits per heavy atom. The van der Waals surface area contributed by atoms with Crippen LogP contribution in [0.3, 0.4) is 0 Å². The highest BCUT2D eigenvalue weighted by Crippen LogP contribution is 1.97. The Morgan fingerprint density at radius 1 is 1.78 bits per heavy atom. The molecule has 0 aliphatic rings. The van der Waals surface area contributed by atoms with E-state index in [9.17, 15) is 4.79 Å². The molecule has 48 valence electrons. The van der Waals surface area contributed by atoms with E-state index in [1.165, 1.54) is 0 Å². The lowest BCUT2D eigenvalue weighted by molar-refractivity contribution is 0.263. The molecule has 5 nitrogen and oxygen atoms in total. The lowest BCUT2D eigenvalue weighted by Crippen LogP contribution is -1.97. The van der Waals surface area contributed by atoms with Crippen LogP contribution in [0.15, 0.2) is 13.2 Å². The van der Waals surface area contributed by atoms with Crippen molar-refractivity contribution < 1.29 is 8.37 Å². The van der Waals surface area contributed by atoms with Gasteiger partial charge in [0, 0.05) is 0 Å². The molecule has 0 aliphatic carbocycles. The summed E-state index contributed by atoms with van der Waals surface area (Å²) in [6, 6.07) is 0. The molecule has 0 amide bonds. The van der Waals surface area contributed by atoms with Crippen LogP contribution in [-0.4, -0.2) is 4.13 Å². The largest absolute Gasteiger partial charge is 0.553 e. The van der Waals surface area contributed by atoms with Crippen molar-refractivity contribution in [3.63, 3.8) is 0 Å². The summed E-state index contributed by atoms with van der Waals surface area (Å²) >= 11 is 0. The number of aromatic nitrogens is 1. The number of hydrogen-bond acceptors (Lipinski definition) is 6. The van der Waals surface area contributed by atoms with E-state index in [4.69, 9.17) is 5.26 Å². The van der Waals surface area contributed by atoms with E-state index < -0.39 is 5.82 Å². The second-order valence-electron chi connectivity index (χ2n) is 0.924. The Hall–Kier alpha value is -1.00. The summed E-state index contributed by atoms with van der Waals surface area (Å²) in [7, 11) is 1.67. The molecule has 1 rings (SSSR count). The maximum Gasteiger partial charge on any atom is 0.553 e. The average Bonchev–Trinajstić information content (AvgIpc) is 1.88. The van der Waals surface area contributed by atoms with E-state index in [-0.39, 0.29) is 0 Å². The zero-order chi connectivity index (χ0) is 6.69. The van der Waals surface area contributed by atoms with E-state index in [1.807, 2.05) is 0 Å². The number of nitrogens with zero attached hydrogens (tertiary/aromatic N) is 2. The Balaban J connectivity index is 3.28. The van der Waals surface area contributed by atoms with Crippen LogP contribution in [0.4, 0.5) is 0 Å². The third-order valence-electron chi connectivity index (χ3n) is 0.439. The van der Waals surface area contributed by atoms with Crippen LogP contribution < -0.4 is 5.82 Å². The minimum absolute atomic E-state index is 0.747. The first-order valence-electron chi connectivity index (χ1n) is 1.76. The molecule has 0 aromatic carbocycles. The van der Waals surface area contributed by atoms with Gasteiger partial charge < -0.3 is 3.85 Å². The normalized spacial score (nSPS) is 8.33. The summed E-state index contributed by atoms with van der Waals surface area (Å²) in [5.74, 6) is -0.875. The van der Waals surface area contributed by atoms with Gasteiger partial charge in [0.05, 0.1) is 10.5 Å². The van der Waals surface area contributed by atoms with Gasteiger partial charge in [-0.2, -0.15) is 10.1 Å². The first-order valence-corrected chi connectivity index (χ1v) is 3.79. The Kier molecular flexibility index (Phi) is 1.72. The van der Waals surface area contributed by atoms with E-state index in [1.54, 1.807) is 6.19 Å². The second kappa shape index (κ2) is 2.52. The molecule has 0 unspecified atom stereocenters. The van der Waals surface area contributed by atoms with Crippen molar-refractivity contribution in [2.45, 2.75) is 0 Å². The van der Waals surface area contributed by atoms with Crippen LogP contribution in [0, 0.1) is 11.5 Å². The first-order chi connectivity index (χ1) is 4.33. The number of rotatable bonds is 0. The van der Waals surface area contributed by atoms with Crippen molar-refractivity contribution >= 4 is 21.2 Å². The molecule has 0 saturated carbocycles. The highest BCUT2D eigenvalue weighted by molar-refractivity contribution is 7.63. The Bertz CT molecular complexity index is 301. The van der Waals surface area contributed by atoms with Crippen molar-refractivity contribution in [3.05, 3.63) is 10.6 Å². The first kappa shape index (κ1) is 6.12. The van der Waals surface area contributed by atoms with Crippen LogP contribution in [0.2, 0.25) is 0 Å². The molecule has 0 bridgehead atoms. The predicted octanol–water partition coefficient (Wildman–Crippen LogP) is 0.611. The summed E-state index contributed by atoms with van der Waals surface area (Å²) in [5, 5.41) is 8.12. The van der Waals surface area contributed by atoms with Crippen molar-refractivity contribution in [2.75, 3.05) is 0 Å². The summed E-state index contributed by atoms with van der Waals surface area (Å²) in [6.45, 7) is 0. The quantitative estimate of drug-likeness (QED) is 0.526. The van der Waals surface area contributed by atoms with Crippen molar-refractivity contribution in [1.82, 2.24) is 4.13 Å². The molecular formula is C2N2O3S2. The lowest BCUT2D eigenvalue weighted by atomic mass is 11.4. The molecule has 1 aromatic heterocycles. The van der Waals surface area contributed by atoms with Crippen LogP contribution in [0.5, 0.6) is 0 Å². The van der Waals surface area contributed by atoms with Gasteiger partial charge in [0.15, 0.2) is 0 Å². The summed E-state index contributed by atoms with van der Waals surface area (Å²) in [4.78, 5) is 10.2.